The maximum Gasteiger partial charge on any atom is 0.336 e. The van der Waals surface area contributed by atoms with Crippen LogP contribution in [0, 0.1) is 5.92 Å². The monoisotopic (exact) mass is 291 g/mol. The molecule has 114 valence electrons. The highest BCUT2D eigenvalue weighted by atomic mass is 16.5. The van der Waals surface area contributed by atoms with Gasteiger partial charge in [0.05, 0.1) is 18.2 Å². The van der Waals surface area contributed by atoms with Gasteiger partial charge in [0.2, 0.25) is 0 Å². The summed E-state index contributed by atoms with van der Waals surface area (Å²) in [6, 6.07) is 0.0634. The van der Waals surface area contributed by atoms with Crippen molar-refractivity contribution in [1.82, 2.24) is 4.90 Å². The third-order valence-corrected chi connectivity index (χ3v) is 3.88. The molecule has 2 unspecified atom stereocenters. The first-order chi connectivity index (χ1) is 9.99. The molecule has 0 amide bonds. The zero-order valence-corrected chi connectivity index (χ0v) is 12.9. The Morgan fingerprint density at radius 3 is 2.67 bits per heavy atom. The van der Waals surface area contributed by atoms with E-state index in [9.17, 15) is 9.59 Å². The van der Waals surface area contributed by atoms with Gasteiger partial charge in [-0.2, -0.15) is 0 Å². The Morgan fingerprint density at radius 1 is 1.33 bits per heavy atom. The number of carbonyl (C=O) groups excluding carboxylic acids is 2. The van der Waals surface area contributed by atoms with Crippen LogP contribution in [0.5, 0.6) is 0 Å². The van der Waals surface area contributed by atoms with Crippen LogP contribution in [0.4, 0.5) is 0 Å². The SMILES string of the molecule is CCOC(=O)C1=C(C)N(C)C2C=CC(OC(=O)CC)=CC12. The van der Waals surface area contributed by atoms with E-state index in [-0.39, 0.29) is 23.9 Å². The predicted octanol–water partition coefficient (Wildman–Crippen LogP) is 2.16. The van der Waals surface area contributed by atoms with E-state index in [0.717, 1.165) is 5.70 Å². The molecule has 5 heteroatoms. The lowest BCUT2D eigenvalue weighted by atomic mass is 9.90. The summed E-state index contributed by atoms with van der Waals surface area (Å²) < 4.78 is 10.4. The summed E-state index contributed by atoms with van der Waals surface area (Å²) in [6.45, 7) is 5.78. The fourth-order valence-electron chi connectivity index (χ4n) is 2.69. The molecule has 21 heavy (non-hydrogen) atoms. The molecule has 2 atom stereocenters. The number of nitrogens with zero attached hydrogens (tertiary/aromatic N) is 1. The zero-order chi connectivity index (χ0) is 15.6. The number of hydrogen-bond donors (Lipinski definition) is 0. The number of esters is 2. The van der Waals surface area contributed by atoms with E-state index >= 15 is 0 Å². The lowest BCUT2D eigenvalue weighted by molar-refractivity contribution is -0.139. The van der Waals surface area contributed by atoms with Crippen LogP contribution in [0.15, 0.2) is 35.3 Å². The van der Waals surface area contributed by atoms with Crippen molar-refractivity contribution in [1.29, 1.82) is 0 Å². The Hall–Kier alpha value is -2.04. The van der Waals surface area contributed by atoms with E-state index in [1.807, 2.05) is 31.0 Å². The highest BCUT2D eigenvalue weighted by molar-refractivity contribution is 5.91. The van der Waals surface area contributed by atoms with Gasteiger partial charge in [-0.1, -0.05) is 13.0 Å². The zero-order valence-electron chi connectivity index (χ0n) is 12.9. The summed E-state index contributed by atoms with van der Waals surface area (Å²) in [7, 11) is 1.94. The predicted molar refractivity (Wildman–Crippen MR) is 78.0 cm³/mol. The van der Waals surface area contributed by atoms with E-state index < -0.39 is 0 Å². The first-order valence-corrected chi connectivity index (χ1v) is 7.21. The third kappa shape index (κ3) is 2.86. The summed E-state index contributed by atoms with van der Waals surface area (Å²) in [6.07, 6.45) is 5.89. The molecular formula is C16H21NO4. The quantitative estimate of drug-likeness (QED) is 0.743. The van der Waals surface area contributed by atoms with E-state index in [4.69, 9.17) is 9.47 Å². The molecule has 2 rings (SSSR count). The minimum Gasteiger partial charge on any atom is -0.463 e. The molecule has 0 bridgehead atoms. The molecule has 0 saturated heterocycles. The van der Waals surface area contributed by atoms with Gasteiger partial charge in [0.15, 0.2) is 0 Å². The van der Waals surface area contributed by atoms with Gasteiger partial charge in [-0.25, -0.2) is 4.79 Å². The van der Waals surface area contributed by atoms with Crippen LogP contribution in [0.2, 0.25) is 0 Å². The maximum atomic E-state index is 12.2. The lowest BCUT2D eigenvalue weighted by Gasteiger charge is -2.26. The van der Waals surface area contributed by atoms with Crippen molar-refractivity contribution in [2.75, 3.05) is 13.7 Å². The third-order valence-electron chi connectivity index (χ3n) is 3.88. The molecule has 0 spiro atoms. The molecule has 0 N–H and O–H groups in total. The van der Waals surface area contributed by atoms with Crippen LogP contribution >= 0.6 is 0 Å². The smallest absolute Gasteiger partial charge is 0.336 e. The second-order valence-corrected chi connectivity index (χ2v) is 5.10. The molecule has 1 aliphatic heterocycles. The molecule has 5 nitrogen and oxygen atoms in total. The average Bonchev–Trinajstić information content (AvgIpc) is 2.70. The normalized spacial score (nSPS) is 23.8. The summed E-state index contributed by atoms with van der Waals surface area (Å²) >= 11 is 0. The van der Waals surface area contributed by atoms with Gasteiger partial charge in [-0.05, 0) is 26.0 Å². The van der Waals surface area contributed by atoms with Crippen molar-refractivity contribution < 1.29 is 19.1 Å². The molecule has 0 fully saturated rings. The topological polar surface area (TPSA) is 55.8 Å². The fourth-order valence-corrected chi connectivity index (χ4v) is 2.69. The second kappa shape index (κ2) is 6.16. The second-order valence-electron chi connectivity index (χ2n) is 5.10. The Labute approximate surface area is 124 Å². The highest BCUT2D eigenvalue weighted by Gasteiger charge is 2.40. The number of ether oxygens (including phenoxy) is 2. The van der Waals surface area contributed by atoms with Gasteiger partial charge in [0.25, 0.3) is 0 Å². The lowest BCUT2D eigenvalue weighted by Crippen LogP contribution is -2.30. The molecule has 0 aromatic carbocycles. The Balaban J connectivity index is 2.28. The molecule has 0 aromatic heterocycles. The van der Waals surface area contributed by atoms with Crippen molar-refractivity contribution in [2.45, 2.75) is 33.2 Å². The Kier molecular flexibility index (Phi) is 4.50. The van der Waals surface area contributed by atoms with E-state index in [0.29, 0.717) is 24.4 Å². The van der Waals surface area contributed by atoms with Crippen molar-refractivity contribution in [3.63, 3.8) is 0 Å². The molecule has 0 saturated carbocycles. The summed E-state index contributed by atoms with van der Waals surface area (Å²) in [5, 5.41) is 0. The number of fused-ring (bicyclic) bond motifs is 1. The van der Waals surface area contributed by atoms with Crippen LogP contribution in [-0.4, -0.2) is 36.5 Å². The largest absolute Gasteiger partial charge is 0.463 e. The standard InChI is InChI=1S/C16H21NO4/c1-5-14(18)21-11-7-8-13-12(9-11)15(10(3)17(13)4)16(19)20-6-2/h7-9,12-13H,5-6H2,1-4H3. The van der Waals surface area contributed by atoms with Gasteiger partial charge in [-0.15, -0.1) is 0 Å². The van der Waals surface area contributed by atoms with E-state index in [1.165, 1.54) is 0 Å². The van der Waals surface area contributed by atoms with E-state index in [1.54, 1.807) is 19.9 Å². The van der Waals surface area contributed by atoms with Crippen LogP contribution in [0.1, 0.15) is 27.2 Å². The molecular weight excluding hydrogens is 270 g/mol. The maximum absolute atomic E-state index is 12.2. The van der Waals surface area contributed by atoms with Crippen molar-refractivity contribution in [3.8, 4) is 0 Å². The first kappa shape index (κ1) is 15.4. The summed E-state index contributed by atoms with van der Waals surface area (Å²) in [4.78, 5) is 25.6. The van der Waals surface area contributed by atoms with Gasteiger partial charge < -0.3 is 14.4 Å². The molecule has 2 aliphatic rings. The molecule has 1 aliphatic carbocycles. The van der Waals surface area contributed by atoms with Crippen LogP contribution < -0.4 is 0 Å². The number of allylic oxidation sites excluding steroid dienone is 2. The van der Waals surface area contributed by atoms with E-state index in [2.05, 4.69) is 0 Å². The van der Waals surface area contributed by atoms with Gasteiger partial charge in [-0.3, -0.25) is 4.79 Å². The fraction of sp³-hybridized carbons (Fsp3) is 0.500. The Bertz CT molecular complexity index is 544. The number of hydrogen-bond acceptors (Lipinski definition) is 5. The Morgan fingerprint density at radius 2 is 2.05 bits per heavy atom. The molecule has 0 radical (unpaired) electrons. The number of likely N-dealkylation sites (N-methyl/N-ethyl adjacent to an activating group) is 1. The van der Waals surface area contributed by atoms with Gasteiger partial charge >= 0.3 is 11.9 Å². The van der Waals surface area contributed by atoms with Crippen molar-refractivity contribution in [2.24, 2.45) is 5.92 Å². The van der Waals surface area contributed by atoms with Crippen LogP contribution in [0.3, 0.4) is 0 Å². The number of carbonyl (C=O) groups is 2. The molecule has 0 aromatic rings. The first-order valence-electron chi connectivity index (χ1n) is 7.21. The van der Waals surface area contributed by atoms with Crippen LogP contribution in [0.25, 0.3) is 0 Å². The van der Waals surface area contributed by atoms with Crippen LogP contribution in [-0.2, 0) is 19.1 Å². The summed E-state index contributed by atoms with van der Waals surface area (Å²) in [5.41, 5.74) is 1.53. The van der Waals surface area contributed by atoms with Crippen molar-refractivity contribution in [3.05, 3.63) is 35.3 Å². The molecule has 1 heterocycles. The van der Waals surface area contributed by atoms with Gasteiger partial charge in [0, 0.05) is 25.1 Å². The highest BCUT2D eigenvalue weighted by Crippen LogP contribution is 2.38. The summed E-state index contributed by atoms with van der Waals surface area (Å²) in [5.74, 6) is -0.233. The number of rotatable bonds is 4. The average molecular weight is 291 g/mol. The van der Waals surface area contributed by atoms with Gasteiger partial charge in [0.1, 0.15) is 5.76 Å². The minimum absolute atomic E-state index is 0.0634. The minimum atomic E-state index is -0.304. The van der Waals surface area contributed by atoms with Crippen molar-refractivity contribution >= 4 is 11.9 Å².